The van der Waals surface area contributed by atoms with Crippen molar-refractivity contribution in [3.8, 4) is 0 Å². The van der Waals surface area contributed by atoms with Gasteiger partial charge in [-0.1, -0.05) is 252 Å². The molecule has 0 rings (SSSR count). The highest BCUT2D eigenvalue weighted by atomic mass is 31.2. The van der Waals surface area contributed by atoms with E-state index in [1.807, 2.05) is 33.3 Å². The number of esters is 1. The van der Waals surface area contributed by atoms with E-state index in [0.717, 1.165) is 128 Å². The van der Waals surface area contributed by atoms with E-state index in [-0.39, 0.29) is 31.5 Å². The van der Waals surface area contributed by atoms with E-state index >= 15 is 0 Å². The van der Waals surface area contributed by atoms with Crippen molar-refractivity contribution in [3.05, 3.63) is 122 Å². The van der Waals surface area contributed by atoms with Crippen LogP contribution >= 0.6 is 7.82 Å². The maximum absolute atomic E-state index is 13.6. The molecular weight excluding hydrogens is 1020 g/mol. The van der Waals surface area contributed by atoms with Crippen LogP contribution in [-0.4, -0.2) is 74.3 Å². The zero-order valence-corrected chi connectivity index (χ0v) is 53.9. The summed E-state index contributed by atoms with van der Waals surface area (Å²) < 4.78 is 30.7. The number of unbranched alkanes of at least 4 members (excludes halogenated alkanes) is 24. The van der Waals surface area contributed by atoms with E-state index in [1.54, 1.807) is 0 Å². The van der Waals surface area contributed by atoms with Gasteiger partial charge in [0.25, 0.3) is 0 Å². The van der Waals surface area contributed by atoms with E-state index < -0.39 is 20.0 Å². The third kappa shape index (κ3) is 60.8. The van der Waals surface area contributed by atoms with E-state index in [2.05, 4.69) is 135 Å². The Kier molecular flexibility index (Phi) is 56.9. The molecule has 0 saturated heterocycles. The van der Waals surface area contributed by atoms with Crippen molar-refractivity contribution in [1.82, 2.24) is 5.32 Å². The quantitative estimate of drug-likeness (QED) is 0.0205. The number of phosphoric acid groups is 1. The second-order valence-corrected chi connectivity index (χ2v) is 24.4. The normalized spacial score (nSPS) is 14.4. The molecule has 0 aliphatic rings. The molecule has 9 nitrogen and oxygen atoms in total. The molecule has 1 amide bonds. The van der Waals surface area contributed by atoms with Gasteiger partial charge < -0.3 is 19.4 Å². The average molecular weight is 1150 g/mol. The fraction of sp³-hybridized carbons (Fsp3) is 0.690. The smallest absolute Gasteiger partial charge is 0.456 e. The number of ether oxygens (including phenoxy) is 1. The van der Waals surface area contributed by atoms with Gasteiger partial charge in [0.05, 0.1) is 33.8 Å². The molecule has 0 radical (unpaired) electrons. The van der Waals surface area contributed by atoms with Gasteiger partial charge in [-0.15, -0.1) is 0 Å². The average Bonchev–Trinajstić information content (AvgIpc) is 3.43. The molecule has 81 heavy (non-hydrogen) atoms. The minimum atomic E-state index is -4.47. The molecule has 0 saturated carbocycles. The van der Waals surface area contributed by atoms with Gasteiger partial charge in [0, 0.05) is 12.8 Å². The van der Waals surface area contributed by atoms with Gasteiger partial charge in [-0.25, -0.2) is 4.57 Å². The molecule has 0 aromatic heterocycles. The molecule has 0 bridgehead atoms. The third-order valence-corrected chi connectivity index (χ3v) is 14.9. The number of likely N-dealkylation sites (N-methyl/N-ethyl adjacent to an activating group) is 1. The summed E-state index contributed by atoms with van der Waals surface area (Å²) in [6.07, 6.45) is 83.4. The van der Waals surface area contributed by atoms with Crippen LogP contribution in [0.25, 0.3) is 0 Å². The largest absolute Gasteiger partial charge is 0.472 e. The summed E-state index contributed by atoms with van der Waals surface area (Å²) in [6, 6.07) is -0.871. The van der Waals surface area contributed by atoms with Gasteiger partial charge >= 0.3 is 13.8 Å². The van der Waals surface area contributed by atoms with Gasteiger partial charge in [-0.3, -0.25) is 18.6 Å². The van der Waals surface area contributed by atoms with Gasteiger partial charge in [-0.05, 0) is 122 Å². The molecule has 0 aliphatic carbocycles. The van der Waals surface area contributed by atoms with Crippen LogP contribution in [0.5, 0.6) is 0 Å². The molecule has 3 atom stereocenters. The molecule has 464 valence electrons. The third-order valence-electron chi connectivity index (χ3n) is 13.9. The lowest BCUT2D eigenvalue weighted by Gasteiger charge is -2.27. The molecule has 0 fully saturated rings. The fourth-order valence-electron chi connectivity index (χ4n) is 8.83. The van der Waals surface area contributed by atoms with E-state index in [9.17, 15) is 19.0 Å². The van der Waals surface area contributed by atoms with E-state index in [1.165, 1.54) is 96.3 Å². The first kappa shape index (κ1) is 77.4. The summed E-state index contributed by atoms with van der Waals surface area (Å²) in [5, 5.41) is 3.05. The summed E-state index contributed by atoms with van der Waals surface area (Å²) in [5.74, 6) is -0.546. The van der Waals surface area contributed by atoms with Crippen molar-refractivity contribution in [2.24, 2.45) is 0 Å². The zero-order valence-electron chi connectivity index (χ0n) is 53.0. The highest BCUT2D eigenvalue weighted by Gasteiger charge is 2.30. The topological polar surface area (TPSA) is 111 Å². The Morgan fingerprint density at radius 1 is 0.444 bits per heavy atom. The number of carbonyl (C=O) groups is 2. The van der Waals surface area contributed by atoms with Crippen molar-refractivity contribution in [1.29, 1.82) is 0 Å². The first-order valence-corrected chi connectivity index (χ1v) is 34.4. The minimum Gasteiger partial charge on any atom is -0.456 e. The number of allylic oxidation sites excluding steroid dienone is 19. The highest BCUT2D eigenvalue weighted by molar-refractivity contribution is 7.47. The summed E-state index contributed by atoms with van der Waals surface area (Å²) in [4.78, 5) is 37.8. The summed E-state index contributed by atoms with van der Waals surface area (Å²) >= 11 is 0. The molecule has 10 heteroatoms. The lowest BCUT2D eigenvalue weighted by Crippen LogP contribution is -2.47. The zero-order chi connectivity index (χ0) is 59.3. The highest BCUT2D eigenvalue weighted by Crippen LogP contribution is 2.43. The van der Waals surface area contributed by atoms with Crippen LogP contribution < -0.4 is 5.32 Å². The number of nitrogens with zero attached hydrogens (tertiary/aromatic N) is 1. The second-order valence-electron chi connectivity index (χ2n) is 22.9. The van der Waals surface area contributed by atoms with Gasteiger partial charge in [-0.2, -0.15) is 0 Å². The Balaban J connectivity index is 5.15. The first-order valence-electron chi connectivity index (χ1n) is 32.9. The molecule has 0 aromatic carbocycles. The molecule has 2 N–H and O–H groups in total. The Morgan fingerprint density at radius 2 is 0.790 bits per heavy atom. The van der Waals surface area contributed by atoms with Crippen molar-refractivity contribution < 1.29 is 37.3 Å². The molecule has 0 heterocycles. The summed E-state index contributed by atoms with van der Waals surface area (Å²) in [5.41, 5.74) is 0. The maximum Gasteiger partial charge on any atom is 0.472 e. The van der Waals surface area contributed by atoms with Crippen LogP contribution in [0.2, 0.25) is 0 Å². The molecule has 0 aliphatic heterocycles. The standard InChI is InChI=1S/C71H123N2O7P/c1-7-10-13-16-19-22-25-27-29-31-32-33-34-35-36-37-38-39-40-42-43-45-48-51-54-57-60-63-70(74)72-68(67-79-81(76,77)78-66-65-73(4,5)6)69(62-59-56-53-50-47-24-21-18-15-12-9-3)80-71(75)64-61-58-55-52-49-46-44-41-30-28-26-23-20-17-14-11-8-2/h10,13,19-20,22-23,27-30,32-33,35-36,38-39,44,46,59,62,68-69H,7-9,11-12,14-18,21,24-26,31,34,37,40-43,45,47-58,60-61,63-67H2,1-6H3,(H-,72,74,76,77)/p+1/b13-10-,22-19-,23-20-,29-27-,30-28-,33-32-,36-35-,39-38-,46-44-,62-59-. The van der Waals surface area contributed by atoms with Gasteiger partial charge in [0.1, 0.15) is 19.3 Å². The van der Waals surface area contributed by atoms with Crippen LogP contribution in [0.15, 0.2) is 122 Å². The Bertz CT molecular complexity index is 1800. The number of hydrogen-bond donors (Lipinski definition) is 2. The van der Waals surface area contributed by atoms with Gasteiger partial charge in [0.2, 0.25) is 5.91 Å². The molecule has 0 aromatic rings. The van der Waals surface area contributed by atoms with Crippen molar-refractivity contribution in [3.63, 3.8) is 0 Å². The predicted molar refractivity (Wildman–Crippen MR) is 350 cm³/mol. The number of hydrogen-bond acceptors (Lipinski definition) is 6. The van der Waals surface area contributed by atoms with Crippen LogP contribution in [-0.2, 0) is 27.9 Å². The van der Waals surface area contributed by atoms with E-state index in [0.29, 0.717) is 23.9 Å². The van der Waals surface area contributed by atoms with Gasteiger partial charge in [0.15, 0.2) is 0 Å². The maximum atomic E-state index is 13.6. The van der Waals surface area contributed by atoms with Crippen molar-refractivity contribution in [2.45, 2.75) is 277 Å². The summed E-state index contributed by atoms with van der Waals surface area (Å²) in [7, 11) is 1.46. The van der Waals surface area contributed by atoms with Crippen molar-refractivity contribution in [2.75, 3.05) is 40.9 Å². The SMILES string of the molecule is CC/C=C\C/C=C\C/C=C\C/C=C\C/C=C\C/C=C\CCCCCCCCCCC(=O)NC(COP(=O)(O)OCC[N+](C)(C)C)C(/C=C\CCCCCCCCCCC)OC(=O)CCCCCC/C=C\C/C=C\C/C=C\CCCCC. The Labute approximate surface area is 499 Å². The van der Waals surface area contributed by atoms with Crippen LogP contribution in [0.3, 0.4) is 0 Å². The number of rotatable bonds is 58. The lowest BCUT2D eigenvalue weighted by molar-refractivity contribution is -0.870. The van der Waals surface area contributed by atoms with Crippen LogP contribution in [0.1, 0.15) is 265 Å². The number of nitrogens with one attached hydrogen (secondary N) is 1. The first-order chi connectivity index (χ1) is 39.4. The fourth-order valence-corrected chi connectivity index (χ4v) is 9.57. The Morgan fingerprint density at radius 3 is 1.21 bits per heavy atom. The van der Waals surface area contributed by atoms with Crippen LogP contribution in [0.4, 0.5) is 0 Å². The number of quaternary nitrogens is 1. The number of phosphoric ester groups is 1. The number of carbonyl (C=O) groups excluding carboxylic acids is 2. The molecule has 0 spiro atoms. The van der Waals surface area contributed by atoms with Crippen LogP contribution in [0, 0.1) is 0 Å². The number of amides is 1. The minimum absolute atomic E-state index is 0.0285. The molecular formula is C71H124N2O7P+. The molecule has 3 unspecified atom stereocenters. The Hall–Kier alpha value is -3.59. The predicted octanol–water partition coefficient (Wildman–Crippen LogP) is 20.7. The lowest BCUT2D eigenvalue weighted by atomic mass is 10.0. The summed E-state index contributed by atoms with van der Waals surface area (Å²) in [6.45, 7) is 6.83. The van der Waals surface area contributed by atoms with E-state index in [4.69, 9.17) is 13.8 Å². The second kappa shape index (κ2) is 59.6. The van der Waals surface area contributed by atoms with Crippen molar-refractivity contribution >= 4 is 19.7 Å². The monoisotopic (exact) mass is 1150 g/mol.